The molecule has 0 fully saturated rings. The van der Waals surface area contributed by atoms with Crippen molar-refractivity contribution in [1.82, 2.24) is 0 Å². The fraction of sp³-hybridized carbons (Fsp3) is 0.769. The molecule has 0 saturated heterocycles. The number of rotatable bonds is 7. The van der Waals surface area contributed by atoms with Crippen LogP contribution in [0.5, 0.6) is 0 Å². The third kappa shape index (κ3) is 14.3. The van der Waals surface area contributed by atoms with Gasteiger partial charge < -0.3 is 9.47 Å². The summed E-state index contributed by atoms with van der Waals surface area (Å²) in [5, 5.41) is 0. The van der Waals surface area contributed by atoms with Crippen LogP contribution in [0.2, 0.25) is 0 Å². The van der Waals surface area contributed by atoms with Gasteiger partial charge in [0.2, 0.25) is 0 Å². The largest absolute Gasteiger partial charge is 0.465 e. The Balaban J connectivity index is 4.30. The van der Waals surface area contributed by atoms with Crippen LogP contribution in [0.4, 0.5) is 39.5 Å². The van der Waals surface area contributed by atoms with Gasteiger partial charge in [0.15, 0.2) is 0 Å². The molecule has 0 aliphatic carbocycles. The minimum absolute atomic E-state index is 0.843. The van der Waals surface area contributed by atoms with Gasteiger partial charge in [0.05, 0.1) is 18.9 Å². The molecule has 3 nitrogen and oxygen atoms in total. The molecule has 1 atom stereocenters. The molecule has 0 aliphatic heterocycles. The fourth-order valence-electron chi connectivity index (χ4n) is 1.34. The Bertz CT molecular complexity index is 468. The van der Waals surface area contributed by atoms with Gasteiger partial charge >= 0.3 is 24.5 Å². The molecule has 146 valence electrons. The van der Waals surface area contributed by atoms with Crippen LogP contribution in [-0.2, 0) is 14.3 Å². The second kappa shape index (κ2) is 9.62. The van der Waals surface area contributed by atoms with Crippen LogP contribution in [0, 0.1) is 17.9 Å². The van der Waals surface area contributed by atoms with E-state index < -0.39 is 69.3 Å². The molecule has 0 aromatic heterocycles. The molecule has 0 aromatic rings. The Morgan fingerprint density at radius 3 is 2.00 bits per heavy atom. The minimum Gasteiger partial charge on any atom is -0.465 e. The van der Waals surface area contributed by atoms with Crippen molar-refractivity contribution in [2.24, 2.45) is 5.92 Å². The third-order valence-electron chi connectivity index (χ3n) is 2.52. The number of carbonyl (C=O) groups is 1. The van der Waals surface area contributed by atoms with E-state index in [-0.39, 0.29) is 0 Å². The van der Waals surface area contributed by atoms with Crippen LogP contribution in [0.1, 0.15) is 25.7 Å². The van der Waals surface area contributed by atoms with Crippen LogP contribution in [0.3, 0.4) is 0 Å². The van der Waals surface area contributed by atoms with Gasteiger partial charge in [0.25, 0.3) is 0 Å². The number of alkyl halides is 9. The molecule has 0 aromatic carbocycles. The van der Waals surface area contributed by atoms with E-state index in [0.717, 1.165) is 0 Å². The summed E-state index contributed by atoms with van der Waals surface area (Å²) >= 11 is 0. The van der Waals surface area contributed by atoms with Gasteiger partial charge in [-0.1, -0.05) is 5.92 Å². The highest BCUT2D eigenvalue weighted by Gasteiger charge is 2.39. The van der Waals surface area contributed by atoms with Gasteiger partial charge in [0.1, 0.15) is 19.1 Å². The van der Waals surface area contributed by atoms with Crippen LogP contribution in [0.25, 0.3) is 0 Å². The highest BCUT2D eigenvalue weighted by molar-refractivity contribution is 5.70. The molecule has 0 amide bonds. The van der Waals surface area contributed by atoms with Crippen molar-refractivity contribution in [1.29, 1.82) is 0 Å². The lowest BCUT2D eigenvalue weighted by Crippen LogP contribution is -2.25. The van der Waals surface area contributed by atoms with Crippen molar-refractivity contribution in [2.45, 2.75) is 44.2 Å². The normalized spacial score (nSPS) is 13.6. The van der Waals surface area contributed by atoms with Crippen molar-refractivity contribution in [3.63, 3.8) is 0 Å². The first-order chi connectivity index (χ1) is 11.2. The molecule has 0 N–H and O–H groups in total. The summed E-state index contributed by atoms with van der Waals surface area (Å²) in [6.45, 7) is -1.75. The quantitative estimate of drug-likeness (QED) is 0.281. The van der Waals surface area contributed by atoms with E-state index in [9.17, 15) is 44.3 Å². The summed E-state index contributed by atoms with van der Waals surface area (Å²) in [7, 11) is 0. The number of hydrogen-bond donors (Lipinski definition) is 0. The average molecular weight is 388 g/mol. The lowest BCUT2D eigenvalue weighted by molar-refractivity contribution is -0.184. The van der Waals surface area contributed by atoms with Gasteiger partial charge in [-0.05, 0) is 6.42 Å². The minimum atomic E-state index is -4.83. The lowest BCUT2D eigenvalue weighted by Gasteiger charge is -2.17. The molecule has 0 saturated carbocycles. The first-order valence-electron chi connectivity index (χ1n) is 6.66. The predicted octanol–water partition coefficient (Wildman–Crippen LogP) is 4.37. The van der Waals surface area contributed by atoms with Crippen molar-refractivity contribution in [3.8, 4) is 12.0 Å². The molecule has 25 heavy (non-hydrogen) atoms. The summed E-state index contributed by atoms with van der Waals surface area (Å²) in [5.74, 6) is -1.97. The van der Waals surface area contributed by atoms with Crippen molar-refractivity contribution >= 4 is 5.97 Å². The number of halogens is 9. The second-order valence-corrected chi connectivity index (χ2v) is 4.74. The van der Waals surface area contributed by atoms with E-state index in [1.807, 2.05) is 5.92 Å². The second-order valence-electron chi connectivity index (χ2n) is 4.74. The molecule has 0 rings (SSSR count). The summed E-state index contributed by atoms with van der Waals surface area (Å²) in [5.41, 5.74) is 0. The molecule has 0 radical (unpaired) electrons. The zero-order valence-corrected chi connectivity index (χ0v) is 12.4. The van der Waals surface area contributed by atoms with E-state index in [0.29, 0.717) is 0 Å². The number of carbonyl (C=O) groups excluding carboxylic acids is 1. The Labute approximate surface area is 136 Å². The molecule has 0 spiro atoms. The highest BCUT2D eigenvalue weighted by Crippen LogP contribution is 2.31. The van der Waals surface area contributed by atoms with E-state index in [1.165, 1.54) is 0 Å². The molecule has 0 aliphatic rings. The molecular weight excluding hydrogens is 375 g/mol. The van der Waals surface area contributed by atoms with E-state index in [4.69, 9.17) is 0 Å². The van der Waals surface area contributed by atoms with Gasteiger partial charge in [0, 0.05) is 6.42 Å². The number of esters is 1. The zero-order valence-electron chi connectivity index (χ0n) is 12.4. The van der Waals surface area contributed by atoms with Gasteiger partial charge in [-0.15, -0.1) is 0 Å². The van der Waals surface area contributed by atoms with Gasteiger partial charge in [-0.2, -0.15) is 39.5 Å². The van der Waals surface area contributed by atoms with Crippen molar-refractivity contribution in [2.75, 3.05) is 13.2 Å². The summed E-state index contributed by atoms with van der Waals surface area (Å²) in [6, 6.07) is 0. The van der Waals surface area contributed by atoms with Crippen molar-refractivity contribution in [3.05, 3.63) is 0 Å². The Kier molecular flexibility index (Phi) is 8.93. The van der Waals surface area contributed by atoms with E-state index in [1.54, 1.807) is 6.11 Å². The Morgan fingerprint density at radius 2 is 1.52 bits per heavy atom. The van der Waals surface area contributed by atoms with E-state index in [2.05, 4.69) is 9.47 Å². The monoisotopic (exact) mass is 388 g/mol. The smallest absolute Gasteiger partial charge is 0.399 e. The SMILES string of the molecule is O=C(CC(F)(F)F)OCCC(CC#COCCC(F)(F)F)C(F)(F)F. The maximum Gasteiger partial charge on any atom is 0.399 e. The molecule has 12 heteroatoms. The fourth-order valence-corrected chi connectivity index (χ4v) is 1.34. The third-order valence-corrected chi connectivity index (χ3v) is 2.52. The topological polar surface area (TPSA) is 35.5 Å². The zero-order chi connectivity index (χ0) is 19.7. The number of ether oxygens (including phenoxy) is 2. The molecule has 1 unspecified atom stereocenters. The van der Waals surface area contributed by atoms with Crippen LogP contribution in [-0.4, -0.2) is 37.7 Å². The van der Waals surface area contributed by atoms with Gasteiger partial charge in [-0.3, -0.25) is 4.79 Å². The molecular formula is C13H13F9O3. The predicted molar refractivity (Wildman–Crippen MR) is 64.8 cm³/mol. The highest BCUT2D eigenvalue weighted by atomic mass is 19.4. The molecule has 0 heterocycles. The van der Waals surface area contributed by atoms with Crippen LogP contribution >= 0.6 is 0 Å². The first kappa shape index (κ1) is 23.2. The molecule has 0 bridgehead atoms. The average Bonchev–Trinajstić information content (AvgIpc) is 2.35. The van der Waals surface area contributed by atoms with Crippen LogP contribution in [0.15, 0.2) is 0 Å². The summed E-state index contributed by atoms with van der Waals surface area (Å²) < 4.78 is 117. The summed E-state index contributed by atoms with van der Waals surface area (Å²) in [6.07, 6.45) is -17.4. The lowest BCUT2D eigenvalue weighted by atomic mass is 10.0. The van der Waals surface area contributed by atoms with Crippen molar-refractivity contribution < 1.29 is 53.8 Å². The summed E-state index contributed by atoms with van der Waals surface area (Å²) in [4.78, 5) is 10.7. The number of hydrogen-bond acceptors (Lipinski definition) is 3. The Morgan fingerprint density at radius 1 is 0.920 bits per heavy atom. The first-order valence-corrected chi connectivity index (χ1v) is 6.66. The van der Waals surface area contributed by atoms with E-state index >= 15 is 0 Å². The van der Waals surface area contributed by atoms with Crippen LogP contribution < -0.4 is 0 Å². The maximum atomic E-state index is 12.7. The maximum absolute atomic E-state index is 12.7. The standard InChI is InChI=1S/C13H13F9O3/c14-11(15,16)4-7-24-5-1-2-9(13(20,21)22)3-6-25-10(23)8-12(17,18)19/h9H,2-4,6-8H2. The van der Waals surface area contributed by atoms with Gasteiger partial charge in [-0.25, -0.2) is 0 Å². The Hall–Kier alpha value is -1.80.